The summed E-state index contributed by atoms with van der Waals surface area (Å²) in [7, 11) is 0. The maximum absolute atomic E-state index is 11.2. The number of nitro benzene ring substituents is 1. The molecule has 8 N–H and O–H groups in total. The number of nitro groups is 1. The van der Waals surface area contributed by atoms with Crippen molar-refractivity contribution in [2.45, 2.75) is 112 Å². The SMILES string of the molecule is C=C(C)C(=O)OCCOc1cc(N)c(OCCOC(=O)C(=C)C)cc1N.CCCCCCCCN(CCCCCCCC)c1ccc(N)c(C)c1.Nc1ccc([N+](=O)[O-])cc1. The van der Waals surface area contributed by atoms with E-state index in [4.69, 9.17) is 41.9 Å². The first-order valence-electron chi connectivity index (χ1n) is 21.3. The summed E-state index contributed by atoms with van der Waals surface area (Å²) in [5.41, 5.74) is 28.4. The number of hydrogen-bond acceptors (Lipinski definition) is 13. The van der Waals surface area contributed by atoms with Crippen LogP contribution in [0.15, 0.2) is 78.9 Å². The first-order chi connectivity index (χ1) is 29.1. The van der Waals surface area contributed by atoms with Crippen LogP contribution in [-0.2, 0) is 19.1 Å². The molecule has 0 unspecified atom stereocenters. The third-order valence-corrected chi connectivity index (χ3v) is 9.27. The molecule has 0 aliphatic carbocycles. The second kappa shape index (κ2) is 31.0. The molecule has 3 aromatic carbocycles. The Morgan fingerprint density at radius 1 is 0.623 bits per heavy atom. The summed E-state index contributed by atoms with van der Waals surface area (Å²) < 4.78 is 20.7. The van der Waals surface area contributed by atoms with E-state index in [2.05, 4.69) is 57.0 Å². The van der Waals surface area contributed by atoms with E-state index in [-0.39, 0.29) is 32.1 Å². The number of aryl methyl sites for hydroxylation is 1. The van der Waals surface area contributed by atoms with Crippen molar-refractivity contribution < 1.29 is 33.5 Å². The van der Waals surface area contributed by atoms with E-state index in [0.717, 1.165) is 5.69 Å². The normalized spacial score (nSPS) is 10.2. The van der Waals surface area contributed by atoms with Crippen molar-refractivity contribution in [2.75, 3.05) is 67.4 Å². The number of benzene rings is 3. The molecule has 0 radical (unpaired) electrons. The van der Waals surface area contributed by atoms with E-state index in [9.17, 15) is 19.7 Å². The van der Waals surface area contributed by atoms with Gasteiger partial charge >= 0.3 is 11.9 Å². The third-order valence-electron chi connectivity index (χ3n) is 9.27. The molecular formula is C47H72N6O8. The Hall–Kier alpha value is -5.92. The summed E-state index contributed by atoms with van der Waals surface area (Å²) in [6, 6.07) is 15.3. The number of ether oxygens (including phenoxy) is 4. The van der Waals surface area contributed by atoms with E-state index in [0.29, 0.717) is 39.7 Å². The molecule has 0 spiro atoms. The predicted molar refractivity (Wildman–Crippen MR) is 250 cm³/mol. The Morgan fingerprint density at radius 3 is 1.44 bits per heavy atom. The topological polar surface area (TPSA) is 222 Å². The Kier molecular flexibility index (Phi) is 27.0. The molecule has 0 aliphatic rings. The van der Waals surface area contributed by atoms with E-state index >= 15 is 0 Å². The summed E-state index contributed by atoms with van der Waals surface area (Å²) >= 11 is 0. The number of nitrogens with two attached hydrogens (primary N) is 4. The van der Waals surface area contributed by atoms with Gasteiger partial charge in [-0.25, -0.2) is 9.59 Å². The minimum Gasteiger partial charge on any atom is -0.488 e. The van der Waals surface area contributed by atoms with Crippen molar-refractivity contribution >= 4 is 46.1 Å². The molecule has 0 bridgehead atoms. The van der Waals surface area contributed by atoms with E-state index in [1.807, 2.05) is 0 Å². The molecule has 3 rings (SSSR count). The highest BCUT2D eigenvalue weighted by Crippen LogP contribution is 2.33. The van der Waals surface area contributed by atoms with Gasteiger partial charge in [0, 0.05) is 65.6 Å². The summed E-state index contributed by atoms with van der Waals surface area (Å²) in [5, 5.41) is 10.1. The summed E-state index contributed by atoms with van der Waals surface area (Å²) in [6.45, 7) is 19.5. The monoisotopic (exact) mass is 849 g/mol. The highest BCUT2D eigenvalue weighted by atomic mass is 16.6. The van der Waals surface area contributed by atoms with Crippen LogP contribution in [0, 0.1) is 17.0 Å². The van der Waals surface area contributed by atoms with E-state index in [1.54, 1.807) is 13.8 Å². The summed E-state index contributed by atoms with van der Waals surface area (Å²) in [6.07, 6.45) is 16.3. The molecule has 0 saturated carbocycles. The summed E-state index contributed by atoms with van der Waals surface area (Å²) in [4.78, 5) is 34.7. The molecule has 14 heteroatoms. The van der Waals surface area contributed by atoms with Gasteiger partial charge in [0.25, 0.3) is 5.69 Å². The fraction of sp³-hybridized carbons (Fsp3) is 0.489. The van der Waals surface area contributed by atoms with Crippen molar-refractivity contribution in [3.8, 4) is 11.5 Å². The van der Waals surface area contributed by atoms with Crippen molar-refractivity contribution in [3.63, 3.8) is 0 Å². The minimum atomic E-state index is -0.489. The number of nitrogens with zero attached hydrogens (tertiary/aromatic N) is 2. The van der Waals surface area contributed by atoms with Crippen LogP contribution in [-0.4, -0.2) is 56.4 Å². The fourth-order valence-electron chi connectivity index (χ4n) is 5.65. The van der Waals surface area contributed by atoms with Gasteiger partial charge in [0.2, 0.25) is 0 Å². The van der Waals surface area contributed by atoms with Crippen LogP contribution < -0.4 is 37.3 Å². The van der Waals surface area contributed by atoms with Gasteiger partial charge in [0.1, 0.15) is 37.9 Å². The number of anilines is 5. The molecule has 0 heterocycles. The van der Waals surface area contributed by atoms with Gasteiger partial charge in [-0.1, -0.05) is 91.2 Å². The Balaban J connectivity index is 0.000000498. The smallest absolute Gasteiger partial charge is 0.333 e. The molecular weight excluding hydrogens is 777 g/mol. The fourth-order valence-corrected chi connectivity index (χ4v) is 5.65. The van der Waals surface area contributed by atoms with Gasteiger partial charge in [0.15, 0.2) is 0 Å². The van der Waals surface area contributed by atoms with Crippen LogP contribution >= 0.6 is 0 Å². The van der Waals surface area contributed by atoms with Crippen molar-refractivity contribution in [1.29, 1.82) is 0 Å². The molecule has 0 saturated heterocycles. The quantitative estimate of drug-likeness (QED) is 0.0148. The van der Waals surface area contributed by atoms with Crippen LogP contribution in [0.4, 0.5) is 34.1 Å². The van der Waals surface area contributed by atoms with Crippen molar-refractivity contribution in [1.82, 2.24) is 0 Å². The first-order valence-corrected chi connectivity index (χ1v) is 21.3. The minimum absolute atomic E-state index is 0.0530. The lowest BCUT2D eigenvalue weighted by molar-refractivity contribution is -0.384. The highest BCUT2D eigenvalue weighted by molar-refractivity contribution is 5.87. The lowest BCUT2D eigenvalue weighted by atomic mass is 10.1. The van der Waals surface area contributed by atoms with Gasteiger partial charge in [-0.05, 0) is 69.5 Å². The molecule has 338 valence electrons. The van der Waals surface area contributed by atoms with Gasteiger partial charge in [-0.2, -0.15) is 0 Å². The van der Waals surface area contributed by atoms with Crippen LogP contribution in [0.1, 0.15) is 110 Å². The molecule has 0 amide bonds. The van der Waals surface area contributed by atoms with Crippen molar-refractivity contribution in [2.24, 2.45) is 0 Å². The molecule has 0 atom stereocenters. The lowest BCUT2D eigenvalue weighted by Crippen LogP contribution is -2.25. The maximum Gasteiger partial charge on any atom is 0.333 e. The Labute approximate surface area is 363 Å². The number of esters is 2. The van der Waals surface area contributed by atoms with Crippen LogP contribution in [0.2, 0.25) is 0 Å². The standard InChI is InChI=1S/C23H42N2.C18H24N2O6.C6H6N2O2/c1-4-6-8-10-12-14-18-25(19-15-13-11-9-7-5-2)22-16-17-23(24)21(3)20-22;1-11(2)17(21)25-7-5-23-15-9-14(20)16(10-13(15)19)24-6-8-26-18(22)12(3)4;7-5-1-3-6(4-2-5)8(9)10/h16-17,20H,4-15,18-19,24H2,1-3H3;9-10H,1,3,5-8,19-20H2,2,4H3;1-4H,7H2. The average molecular weight is 849 g/mol. The molecule has 3 aromatic rings. The molecule has 0 fully saturated rings. The highest BCUT2D eigenvalue weighted by Gasteiger charge is 2.11. The number of hydrogen-bond donors (Lipinski definition) is 4. The number of unbranched alkanes of at least 4 members (excludes halogenated alkanes) is 10. The molecule has 14 nitrogen and oxygen atoms in total. The number of rotatable bonds is 26. The van der Waals surface area contributed by atoms with Gasteiger partial charge in [-0.3, -0.25) is 10.1 Å². The van der Waals surface area contributed by atoms with E-state index in [1.165, 1.54) is 138 Å². The van der Waals surface area contributed by atoms with Gasteiger partial charge in [0.05, 0.1) is 16.3 Å². The van der Waals surface area contributed by atoms with Gasteiger partial charge in [-0.15, -0.1) is 0 Å². The summed E-state index contributed by atoms with van der Waals surface area (Å²) in [5.74, 6) is -0.292. The Morgan fingerprint density at radius 2 is 1.05 bits per heavy atom. The largest absolute Gasteiger partial charge is 0.488 e. The zero-order chi connectivity index (χ0) is 45.6. The zero-order valence-electron chi connectivity index (χ0n) is 37.3. The van der Waals surface area contributed by atoms with Crippen molar-refractivity contribution in [3.05, 3.63) is 94.6 Å². The second-order valence-electron chi connectivity index (χ2n) is 14.9. The van der Waals surface area contributed by atoms with Crippen LogP contribution in [0.5, 0.6) is 11.5 Å². The molecule has 61 heavy (non-hydrogen) atoms. The zero-order valence-corrected chi connectivity index (χ0v) is 37.3. The van der Waals surface area contributed by atoms with E-state index < -0.39 is 16.9 Å². The molecule has 0 aromatic heterocycles. The second-order valence-corrected chi connectivity index (χ2v) is 14.9. The Bertz CT molecular complexity index is 1710. The number of carbonyl (C=O) groups excluding carboxylic acids is 2. The third kappa shape index (κ3) is 23.5. The number of carbonyl (C=O) groups is 2. The molecule has 0 aliphatic heterocycles. The first kappa shape index (κ1) is 53.1. The predicted octanol–water partition coefficient (Wildman–Crippen LogP) is 10.1. The average Bonchev–Trinajstić information content (AvgIpc) is 3.22. The number of nitrogen functional groups attached to an aromatic ring is 4. The van der Waals surface area contributed by atoms with Crippen LogP contribution in [0.3, 0.4) is 0 Å². The number of non-ortho nitro benzene ring substituents is 1. The van der Waals surface area contributed by atoms with Crippen LogP contribution in [0.25, 0.3) is 0 Å². The lowest BCUT2D eigenvalue weighted by Gasteiger charge is -2.26. The maximum atomic E-state index is 11.2. The van der Waals surface area contributed by atoms with Gasteiger partial charge < -0.3 is 46.8 Å².